The minimum Gasteiger partial charge on any atom is -0.351 e. The Morgan fingerprint density at radius 3 is 2.77 bits per heavy atom. The molecule has 26 heavy (non-hydrogen) atoms. The predicted octanol–water partition coefficient (Wildman–Crippen LogP) is -0.581. The van der Waals surface area contributed by atoms with Crippen molar-refractivity contribution in [3.63, 3.8) is 0 Å². The molecule has 2 fully saturated rings. The molecule has 1 saturated carbocycles. The van der Waals surface area contributed by atoms with Crippen molar-refractivity contribution in [2.45, 2.75) is 31.8 Å². The summed E-state index contributed by atoms with van der Waals surface area (Å²) >= 11 is 0. The normalized spacial score (nSPS) is 24.9. The number of carbonyl (C=O) groups excluding carboxylic acids is 2. The number of aryl methyl sites for hydroxylation is 1. The molecule has 138 valence electrons. The Morgan fingerprint density at radius 1 is 1.31 bits per heavy atom. The van der Waals surface area contributed by atoms with E-state index in [4.69, 9.17) is 0 Å². The highest BCUT2D eigenvalue weighted by Gasteiger charge is 2.50. The first-order chi connectivity index (χ1) is 12.4. The van der Waals surface area contributed by atoms with Crippen LogP contribution in [-0.2, 0) is 17.4 Å². The van der Waals surface area contributed by atoms with Crippen molar-refractivity contribution in [1.82, 2.24) is 40.2 Å². The first kappa shape index (κ1) is 16.7. The van der Waals surface area contributed by atoms with Crippen molar-refractivity contribution in [3.8, 4) is 0 Å². The molecule has 0 radical (unpaired) electrons. The maximum Gasteiger partial charge on any atom is 0.272 e. The summed E-state index contributed by atoms with van der Waals surface area (Å²) in [4.78, 5) is 27.2. The van der Waals surface area contributed by atoms with Gasteiger partial charge in [0.2, 0.25) is 5.91 Å². The molecule has 10 nitrogen and oxygen atoms in total. The topological polar surface area (TPSA) is 111 Å². The van der Waals surface area contributed by atoms with Crippen LogP contribution in [0.15, 0.2) is 18.6 Å². The van der Waals surface area contributed by atoms with Crippen molar-refractivity contribution < 1.29 is 9.59 Å². The van der Waals surface area contributed by atoms with E-state index in [-0.39, 0.29) is 17.9 Å². The van der Waals surface area contributed by atoms with Gasteiger partial charge in [0.05, 0.1) is 0 Å². The second-order valence-electron chi connectivity index (χ2n) is 7.60. The maximum atomic E-state index is 12.7. The quantitative estimate of drug-likeness (QED) is 0.783. The number of likely N-dealkylation sites (tertiary alicyclic amines) is 1. The average Bonchev–Trinajstić information content (AvgIpc) is 3.32. The molecule has 1 saturated heterocycles. The van der Waals surface area contributed by atoms with E-state index in [1.807, 2.05) is 4.90 Å². The van der Waals surface area contributed by atoms with Gasteiger partial charge in [-0.15, -0.1) is 5.10 Å². The molecule has 1 aliphatic heterocycles. The zero-order valence-corrected chi connectivity index (χ0v) is 15.0. The fraction of sp³-hybridized carbons (Fsp3) is 0.625. The van der Waals surface area contributed by atoms with E-state index in [0.717, 1.165) is 13.0 Å². The predicted molar refractivity (Wildman–Crippen MR) is 89.8 cm³/mol. The second kappa shape index (κ2) is 5.89. The second-order valence-corrected chi connectivity index (χ2v) is 7.60. The van der Waals surface area contributed by atoms with Gasteiger partial charge in [-0.1, -0.05) is 0 Å². The lowest BCUT2D eigenvalue weighted by molar-refractivity contribution is -0.131. The van der Waals surface area contributed by atoms with Crippen LogP contribution in [0, 0.1) is 11.8 Å². The highest BCUT2D eigenvalue weighted by atomic mass is 16.2. The molecule has 2 aromatic heterocycles. The van der Waals surface area contributed by atoms with Crippen LogP contribution in [-0.4, -0.2) is 65.8 Å². The summed E-state index contributed by atoms with van der Waals surface area (Å²) in [6.07, 6.45) is 3.95. The smallest absolute Gasteiger partial charge is 0.272 e. The number of rotatable bonds is 4. The molecule has 1 aliphatic carbocycles. The van der Waals surface area contributed by atoms with Gasteiger partial charge in [-0.2, -0.15) is 5.10 Å². The first-order valence-corrected chi connectivity index (χ1v) is 8.69. The molecular formula is C16H22N8O2. The number of hydrogen-bond donors (Lipinski definition) is 1. The van der Waals surface area contributed by atoms with Crippen LogP contribution in [0.4, 0.5) is 0 Å². The third-order valence-electron chi connectivity index (χ3n) is 5.69. The lowest BCUT2D eigenvalue weighted by Crippen LogP contribution is -2.56. The van der Waals surface area contributed by atoms with E-state index < -0.39 is 5.54 Å². The van der Waals surface area contributed by atoms with E-state index in [1.165, 1.54) is 11.0 Å². The first-order valence-electron chi connectivity index (χ1n) is 8.69. The molecule has 0 bridgehead atoms. The van der Waals surface area contributed by atoms with Gasteiger partial charge >= 0.3 is 0 Å². The van der Waals surface area contributed by atoms with E-state index >= 15 is 0 Å². The van der Waals surface area contributed by atoms with E-state index in [9.17, 15) is 9.59 Å². The Kier molecular flexibility index (Phi) is 3.78. The molecule has 2 aromatic rings. The third-order valence-corrected chi connectivity index (χ3v) is 5.69. The lowest BCUT2D eigenvalue weighted by Gasteiger charge is -2.41. The summed E-state index contributed by atoms with van der Waals surface area (Å²) in [5, 5.41) is 18.2. The highest BCUT2D eigenvalue weighted by molar-refractivity contribution is 5.92. The van der Waals surface area contributed by atoms with E-state index in [2.05, 4.69) is 25.9 Å². The van der Waals surface area contributed by atoms with Crippen molar-refractivity contribution in [2.75, 3.05) is 13.1 Å². The van der Waals surface area contributed by atoms with Crippen LogP contribution in [0.3, 0.4) is 0 Å². The van der Waals surface area contributed by atoms with Gasteiger partial charge in [-0.25, -0.2) is 4.68 Å². The fourth-order valence-corrected chi connectivity index (χ4v) is 3.85. The van der Waals surface area contributed by atoms with Crippen molar-refractivity contribution in [3.05, 3.63) is 24.3 Å². The molecule has 10 heteroatoms. The molecule has 3 unspecified atom stereocenters. The largest absolute Gasteiger partial charge is 0.351 e. The monoisotopic (exact) mass is 358 g/mol. The standard InChI is InChI=1S/C16H22N8O2/c1-16(2,24-9-17-20-21-24)15(26)19-12-6-10-7-23(8-11(10)12)14(25)13-4-5-18-22(13)3/h4-5,9-12H,6-8H2,1-3H3,(H,19,26). The van der Waals surface area contributed by atoms with Crippen LogP contribution in [0.2, 0.25) is 0 Å². The number of fused-ring (bicyclic) bond motifs is 1. The zero-order chi connectivity index (χ0) is 18.5. The minimum atomic E-state index is -0.864. The summed E-state index contributed by atoms with van der Waals surface area (Å²) in [7, 11) is 1.77. The SMILES string of the molecule is Cn1nccc1C(=O)N1CC2CC(NC(=O)C(C)(C)n3cnnn3)C2C1. The van der Waals surface area contributed by atoms with Gasteiger partial charge in [-0.05, 0) is 42.7 Å². The van der Waals surface area contributed by atoms with Crippen LogP contribution in [0.1, 0.15) is 30.8 Å². The number of hydrogen-bond acceptors (Lipinski definition) is 6. The van der Waals surface area contributed by atoms with Gasteiger partial charge in [-0.3, -0.25) is 14.3 Å². The number of aromatic nitrogens is 6. The van der Waals surface area contributed by atoms with Crippen LogP contribution in [0.5, 0.6) is 0 Å². The lowest BCUT2D eigenvalue weighted by atomic mass is 9.71. The molecule has 2 amide bonds. The zero-order valence-electron chi connectivity index (χ0n) is 15.0. The molecule has 0 aromatic carbocycles. The molecular weight excluding hydrogens is 336 g/mol. The molecule has 2 aliphatic rings. The highest BCUT2D eigenvalue weighted by Crippen LogP contribution is 2.41. The molecule has 3 heterocycles. The van der Waals surface area contributed by atoms with Gasteiger partial charge in [0.1, 0.15) is 17.6 Å². The summed E-state index contributed by atoms with van der Waals surface area (Å²) < 4.78 is 3.04. The Labute approximate surface area is 150 Å². The minimum absolute atomic E-state index is 0.00139. The molecule has 0 spiro atoms. The van der Waals surface area contributed by atoms with Crippen LogP contribution < -0.4 is 5.32 Å². The number of amides is 2. The van der Waals surface area contributed by atoms with Gasteiger partial charge in [0.25, 0.3) is 5.91 Å². The summed E-state index contributed by atoms with van der Waals surface area (Å²) in [6, 6.07) is 1.81. The van der Waals surface area contributed by atoms with Gasteiger partial charge < -0.3 is 10.2 Å². The van der Waals surface area contributed by atoms with Crippen LogP contribution >= 0.6 is 0 Å². The van der Waals surface area contributed by atoms with Gasteiger partial charge in [0.15, 0.2) is 0 Å². The van der Waals surface area contributed by atoms with E-state index in [0.29, 0.717) is 24.1 Å². The Morgan fingerprint density at radius 2 is 2.12 bits per heavy atom. The fourth-order valence-electron chi connectivity index (χ4n) is 3.85. The molecule has 4 rings (SSSR count). The number of nitrogens with zero attached hydrogens (tertiary/aromatic N) is 7. The Bertz CT molecular complexity index is 827. The van der Waals surface area contributed by atoms with Crippen LogP contribution in [0.25, 0.3) is 0 Å². The third kappa shape index (κ3) is 2.56. The Balaban J connectivity index is 1.38. The Hall–Kier alpha value is -2.78. The van der Waals surface area contributed by atoms with Gasteiger partial charge in [0, 0.05) is 38.3 Å². The number of tetrazole rings is 1. The summed E-state index contributed by atoms with van der Waals surface area (Å²) in [5.41, 5.74) is -0.274. The van der Waals surface area contributed by atoms with Crippen molar-refractivity contribution in [1.29, 1.82) is 0 Å². The van der Waals surface area contributed by atoms with Crippen molar-refractivity contribution in [2.24, 2.45) is 18.9 Å². The average molecular weight is 358 g/mol. The summed E-state index contributed by atoms with van der Waals surface area (Å²) in [6.45, 7) is 4.95. The molecule has 3 atom stereocenters. The van der Waals surface area contributed by atoms with Crippen molar-refractivity contribution >= 4 is 11.8 Å². The maximum absolute atomic E-state index is 12.7. The summed E-state index contributed by atoms with van der Waals surface area (Å²) in [5.74, 6) is 0.609. The molecule has 1 N–H and O–H groups in total. The van der Waals surface area contributed by atoms with E-state index in [1.54, 1.807) is 37.8 Å². The number of carbonyl (C=O) groups is 2. The number of nitrogens with one attached hydrogen (secondary N) is 1.